The van der Waals surface area contributed by atoms with Gasteiger partial charge in [0.05, 0.1) is 27.8 Å². The standard InChI is InChI=1S/C72H50N2Si2/c1-6-25-54(26-7-1)75(55-27-8-2-9-28-55,56-29-10-3-11-30-56)59-35-22-24-53(50-59)73-66-40-19-16-36-60(66)63-39-23-42-69(72(63)73)74-67-41-20-17-37-61(67)64-48-51(44-46-68(64)74)52-45-47-71-65(49-52)62-38-18-21-43-70(62)76(71,57-31-12-4-13-32-57)58-33-14-5-15-34-58/h1-50H. The Bertz CT molecular complexity index is 4370. The second kappa shape index (κ2) is 17.7. The Balaban J connectivity index is 0.934. The number of hydrogen-bond donors (Lipinski definition) is 0. The molecule has 0 spiro atoms. The third-order valence-corrected chi connectivity index (χ3v) is 26.2. The van der Waals surface area contributed by atoms with E-state index in [9.17, 15) is 0 Å². The lowest BCUT2D eigenvalue weighted by Crippen LogP contribution is -2.74. The zero-order valence-electron chi connectivity index (χ0n) is 41.8. The maximum absolute atomic E-state index is 2.83. The Morgan fingerprint density at radius 1 is 0.276 bits per heavy atom. The summed E-state index contributed by atoms with van der Waals surface area (Å²) in [5.74, 6) is 0. The highest BCUT2D eigenvalue weighted by atomic mass is 28.3. The van der Waals surface area contributed by atoms with Crippen LogP contribution in [0.5, 0.6) is 0 Å². The number of nitrogens with zero attached hydrogens (tertiary/aromatic N) is 2. The fourth-order valence-corrected chi connectivity index (χ4v) is 23.4. The fourth-order valence-electron chi connectivity index (χ4n) is 13.4. The summed E-state index contributed by atoms with van der Waals surface area (Å²) in [6.45, 7) is 0. The van der Waals surface area contributed by atoms with Gasteiger partial charge in [-0.1, -0.05) is 255 Å². The molecule has 1 aliphatic rings. The van der Waals surface area contributed by atoms with Gasteiger partial charge in [-0.25, -0.2) is 0 Å². The molecule has 14 aromatic rings. The van der Waals surface area contributed by atoms with Crippen LogP contribution in [0.4, 0.5) is 0 Å². The van der Waals surface area contributed by atoms with Crippen LogP contribution in [0.25, 0.3) is 77.2 Å². The minimum Gasteiger partial charge on any atom is -0.307 e. The van der Waals surface area contributed by atoms with Crippen molar-refractivity contribution < 1.29 is 0 Å². The Hall–Kier alpha value is -9.33. The van der Waals surface area contributed by atoms with E-state index in [0.717, 1.165) is 11.4 Å². The number of aromatic nitrogens is 2. The molecular formula is C72H50N2Si2. The summed E-state index contributed by atoms with van der Waals surface area (Å²) in [7, 11) is -5.42. The molecule has 0 radical (unpaired) electrons. The van der Waals surface area contributed by atoms with Crippen LogP contribution in [0.2, 0.25) is 0 Å². The molecule has 0 saturated heterocycles. The van der Waals surface area contributed by atoms with E-state index in [4.69, 9.17) is 0 Å². The van der Waals surface area contributed by atoms with Crippen molar-refractivity contribution >= 4 is 101 Å². The molecule has 0 N–H and O–H groups in total. The van der Waals surface area contributed by atoms with Crippen molar-refractivity contribution in [1.29, 1.82) is 0 Å². The van der Waals surface area contributed by atoms with Gasteiger partial charge in [0, 0.05) is 27.2 Å². The predicted molar refractivity (Wildman–Crippen MR) is 327 cm³/mol. The fraction of sp³-hybridized carbons (Fsp3) is 0. The van der Waals surface area contributed by atoms with Crippen LogP contribution in [-0.2, 0) is 0 Å². The first-order valence-electron chi connectivity index (χ1n) is 26.4. The summed E-state index contributed by atoms with van der Waals surface area (Å²) in [5, 5.41) is 16.1. The zero-order chi connectivity index (χ0) is 50.2. The van der Waals surface area contributed by atoms with Gasteiger partial charge in [-0.3, -0.25) is 0 Å². The molecule has 2 nitrogen and oxygen atoms in total. The summed E-state index contributed by atoms with van der Waals surface area (Å²) >= 11 is 0. The predicted octanol–water partition coefficient (Wildman–Crippen LogP) is 12.3. The van der Waals surface area contributed by atoms with Crippen molar-refractivity contribution in [3.05, 3.63) is 303 Å². The van der Waals surface area contributed by atoms with Crippen molar-refractivity contribution in [2.24, 2.45) is 0 Å². The van der Waals surface area contributed by atoms with Crippen LogP contribution >= 0.6 is 0 Å². The van der Waals surface area contributed by atoms with Crippen molar-refractivity contribution in [3.8, 4) is 33.6 Å². The van der Waals surface area contributed by atoms with Gasteiger partial charge in [-0.05, 0) is 112 Å². The monoisotopic (exact) mass is 998 g/mol. The molecule has 0 aliphatic carbocycles. The van der Waals surface area contributed by atoms with Gasteiger partial charge in [-0.2, -0.15) is 0 Å². The van der Waals surface area contributed by atoms with E-state index >= 15 is 0 Å². The molecule has 356 valence electrons. The lowest BCUT2D eigenvalue weighted by Gasteiger charge is -2.34. The minimum atomic E-state index is -2.83. The van der Waals surface area contributed by atoms with E-state index in [-0.39, 0.29) is 0 Å². The molecule has 4 heteroatoms. The third-order valence-electron chi connectivity index (χ3n) is 16.5. The van der Waals surface area contributed by atoms with Crippen LogP contribution in [0, 0.1) is 0 Å². The van der Waals surface area contributed by atoms with Crippen LogP contribution in [-0.4, -0.2) is 25.3 Å². The molecular weight excluding hydrogens is 949 g/mol. The first-order chi connectivity index (χ1) is 37.7. The van der Waals surface area contributed by atoms with Crippen LogP contribution in [0.3, 0.4) is 0 Å². The largest absolute Gasteiger partial charge is 0.307 e. The van der Waals surface area contributed by atoms with Gasteiger partial charge in [0.2, 0.25) is 0 Å². The van der Waals surface area contributed by atoms with E-state index in [0.29, 0.717) is 0 Å². The lowest BCUT2D eigenvalue weighted by atomic mass is 9.98. The van der Waals surface area contributed by atoms with E-state index in [1.807, 2.05) is 0 Å². The van der Waals surface area contributed by atoms with Crippen molar-refractivity contribution in [2.45, 2.75) is 0 Å². The van der Waals surface area contributed by atoms with Crippen LogP contribution in [0.1, 0.15) is 0 Å². The number of benzene rings is 12. The lowest BCUT2D eigenvalue weighted by molar-refractivity contribution is 1.13. The second-order valence-corrected chi connectivity index (χ2v) is 27.8. The van der Waals surface area contributed by atoms with Crippen molar-refractivity contribution in [3.63, 3.8) is 0 Å². The molecule has 1 aliphatic heterocycles. The Labute approximate surface area is 444 Å². The molecule has 0 bridgehead atoms. The summed E-state index contributed by atoms with van der Waals surface area (Å²) < 4.78 is 5.06. The molecule has 0 amide bonds. The van der Waals surface area contributed by atoms with Gasteiger partial charge in [-0.15, -0.1) is 0 Å². The molecule has 12 aromatic carbocycles. The van der Waals surface area contributed by atoms with Gasteiger partial charge in [0.15, 0.2) is 16.1 Å². The second-order valence-electron chi connectivity index (χ2n) is 20.3. The first-order valence-corrected chi connectivity index (χ1v) is 30.4. The van der Waals surface area contributed by atoms with Gasteiger partial charge in [0.1, 0.15) is 0 Å². The normalized spacial score (nSPS) is 12.8. The first kappa shape index (κ1) is 44.2. The minimum absolute atomic E-state index is 1.14. The molecule has 0 unspecified atom stereocenters. The summed E-state index contributed by atoms with van der Waals surface area (Å²) in [6.07, 6.45) is 0. The van der Waals surface area contributed by atoms with Gasteiger partial charge in [0.25, 0.3) is 0 Å². The summed E-state index contributed by atoms with van der Waals surface area (Å²) in [4.78, 5) is 0. The quantitative estimate of drug-likeness (QED) is 0.101. The topological polar surface area (TPSA) is 9.86 Å². The maximum atomic E-state index is 2.54. The molecule has 3 heterocycles. The summed E-state index contributed by atoms with van der Waals surface area (Å²) in [6, 6.07) is 114. The molecule has 2 aromatic heterocycles. The highest BCUT2D eigenvalue weighted by molar-refractivity contribution is 7.22. The number of rotatable bonds is 9. The molecule has 76 heavy (non-hydrogen) atoms. The average molecular weight is 999 g/mol. The summed E-state index contributed by atoms with van der Waals surface area (Å²) in [5.41, 5.74) is 12.1. The van der Waals surface area contributed by atoms with Crippen LogP contribution < -0.4 is 41.5 Å². The van der Waals surface area contributed by atoms with Crippen LogP contribution in [0.15, 0.2) is 303 Å². The zero-order valence-corrected chi connectivity index (χ0v) is 43.8. The number of hydrogen-bond acceptors (Lipinski definition) is 0. The smallest absolute Gasteiger partial charge is 0.180 e. The van der Waals surface area contributed by atoms with E-state index < -0.39 is 16.1 Å². The Morgan fingerprint density at radius 3 is 1.38 bits per heavy atom. The molecule has 0 atom stereocenters. The number of para-hydroxylation sites is 3. The highest BCUT2D eigenvalue weighted by Crippen LogP contribution is 2.41. The SMILES string of the molecule is c1ccc([Si](c2ccccc2)(c2ccccc2)c2cccc(-n3c4ccccc4c4cccc(-n5c6ccccc6c6cc(-c7ccc8c(c7)-c7ccccc7[Si]8(c7ccccc7)c7ccccc7)ccc65)c43)c2)cc1. The van der Waals surface area contributed by atoms with E-state index in [2.05, 4.69) is 312 Å². The van der Waals surface area contributed by atoms with Crippen molar-refractivity contribution in [2.75, 3.05) is 0 Å². The average Bonchev–Trinajstić information content (AvgIpc) is 4.28. The molecule has 0 saturated carbocycles. The van der Waals surface area contributed by atoms with Gasteiger partial charge < -0.3 is 9.13 Å². The van der Waals surface area contributed by atoms with Gasteiger partial charge >= 0.3 is 0 Å². The number of fused-ring (bicyclic) bond motifs is 9. The molecule has 0 fully saturated rings. The molecule has 15 rings (SSSR count). The van der Waals surface area contributed by atoms with E-state index in [1.165, 1.54) is 107 Å². The van der Waals surface area contributed by atoms with Crippen molar-refractivity contribution in [1.82, 2.24) is 9.13 Å². The highest BCUT2D eigenvalue weighted by Gasteiger charge is 2.48. The van der Waals surface area contributed by atoms with E-state index in [1.54, 1.807) is 0 Å². The Kier molecular flexibility index (Phi) is 10.3. The maximum Gasteiger partial charge on any atom is 0.180 e. The Morgan fingerprint density at radius 2 is 0.737 bits per heavy atom. The third kappa shape index (κ3) is 6.45.